The molecule has 4 rings (SSSR count). The Labute approximate surface area is 263 Å². The molecule has 1 heterocycles. The molecule has 0 aromatic heterocycles. The van der Waals surface area contributed by atoms with Crippen LogP contribution in [0.4, 0.5) is 0 Å². The van der Waals surface area contributed by atoms with Crippen molar-refractivity contribution in [3.05, 3.63) is 108 Å². The second-order valence-corrected chi connectivity index (χ2v) is 10.5. The van der Waals surface area contributed by atoms with Gasteiger partial charge < -0.3 is 18.9 Å². The summed E-state index contributed by atoms with van der Waals surface area (Å²) >= 11 is 0. The van der Waals surface area contributed by atoms with Crippen LogP contribution < -0.4 is 0 Å². The predicted molar refractivity (Wildman–Crippen MR) is 165 cm³/mol. The lowest BCUT2D eigenvalue weighted by molar-refractivity contribution is -0.163. The quantitative estimate of drug-likeness (QED) is 0.153. The van der Waals surface area contributed by atoms with Crippen LogP contribution >= 0.6 is 0 Å². The van der Waals surface area contributed by atoms with Crippen LogP contribution in [0.15, 0.2) is 91.0 Å². The Kier molecular flexibility index (Phi) is 11.8. The van der Waals surface area contributed by atoms with Crippen molar-refractivity contribution >= 4 is 23.9 Å². The van der Waals surface area contributed by atoms with Crippen LogP contribution in [-0.2, 0) is 38.1 Å². The third-order valence-electron chi connectivity index (χ3n) is 7.94. The molecule has 0 N–H and O–H groups in total. The number of carbonyl (C=O) groups is 4. The van der Waals surface area contributed by atoms with Crippen molar-refractivity contribution in [3.8, 4) is 0 Å². The summed E-state index contributed by atoms with van der Waals surface area (Å²) in [7, 11) is 2.64. The zero-order valence-electron chi connectivity index (χ0n) is 26.0. The average molecular weight is 617 g/mol. The van der Waals surface area contributed by atoms with Gasteiger partial charge in [0.2, 0.25) is 0 Å². The largest absolute Gasteiger partial charge is 0.468 e. The number of hydrogen-bond acceptors (Lipinski definition) is 10. The summed E-state index contributed by atoms with van der Waals surface area (Å²) < 4.78 is 21.2. The lowest BCUT2D eigenvalue weighted by atomic mass is 9.90. The first-order chi connectivity index (χ1) is 21.9. The van der Waals surface area contributed by atoms with Crippen molar-refractivity contribution in [3.63, 3.8) is 0 Å². The Balaban J connectivity index is 2.01. The van der Waals surface area contributed by atoms with E-state index in [0.29, 0.717) is 0 Å². The summed E-state index contributed by atoms with van der Waals surface area (Å²) in [4.78, 5) is 57.4. The van der Waals surface area contributed by atoms with Gasteiger partial charge in [-0.15, -0.1) is 0 Å². The highest BCUT2D eigenvalue weighted by molar-refractivity contribution is 5.95. The average Bonchev–Trinajstić information content (AvgIpc) is 3.40. The summed E-state index contributed by atoms with van der Waals surface area (Å²) in [6.45, 7) is 3.34. The summed E-state index contributed by atoms with van der Waals surface area (Å²) in [5.41, 5.74) is 2.32. The highest BCUT2D eigenvalue weighted by atomic mass is 16.6. The van der Waals surface area contributed by atoms with Crippen LogP contribution in [-0.4, -0.2) is 73.7 Å². The van der Waals surface area contributed by atoms with Crippen LogP contribution in [0.2, 0.25) is 0 Å². The highest BCUT2D eigenvalue weighted by Crippen LogP contribution is 2.51. The molecule has 10 heteroatoms. The van der Waals surface area contributed by atoms with Crippen molar-refractivity contribution in [2.75, 3.05) is 34.0 Å². The number of carbonyl (C=O) groups excluding carboxylic acids is 4. The molecule has 0 amide bonds. The van der Waals surface area contributed by atoms with Crippen LogP contribution in [0.3, 0.4) is 0 Å². The lowest BCUT2D eigenvalue weighted by Crippen LogP contribution is -2.44. The Hall–Kier alpha value is -4.54. The van der Waals surface area contributed by atoms with Gasteiger partial charge >= 0.3 is 23.9 Å². The van der Waals surface area contributed by atoms with E-state index in [1.54, 1.807) is 13.8 Å². The van der Waals surface area contributed by atoms with E-state index in [1.165, 1.54) is 14.2 Å². The molecule has 1 aliphatic rings. The fourth-order valence-electron chi connectivity index (χ4n) is 6.07. The number of esters is 4. The molecule has 4 atom stereocenters. The van der Waals surface area contributed by atoms with Crippen LogP contribution in [0, 0.1) is 5.92 Å². The Morgan fingerprint density at radius 1 is 0.711 bits per heavy atom. The summed E-state index contributed by atoms with van der Waals surface area (Å²) in [5.74, 6) is -3.74. The van der Waals surface area contributed by atoms with Crippen molar-refractivity contribution in [2.45, 2.75) is 44.6 Å². The fourth-order valence-corrected chi connectivity index (χ4v) is 6.07. The Morgan fingerprint density at radius 2 is 1.22 bits per heavy atom. The molecule has 0 radical (unpaired) electrons. The normalized spacial score (nSPS) is 19.1. The van der Waals surface area contributed by atoms with E-state index >= 15 is 0 Å². The number of nitrogens with zero attached hydrogens (tertiary/aromatic N) is 2. The Bertz CT molecular complexity index is 1400. The second-order valence-electron chi connectivity index (χ2n) is 10.5. The Morgan fingerprint density at radius 3 is 1.71 bits per heavy atom. The van der Waals surface area contributed by atoms with E-state index < -0.39 is 54.1 Å². The molecule has 0 bridgehead atoms. The maximum Gasteiger partial charge on any atom is 0.325 e. The maximum atomic E-state index is 14.0. The second kappa shape index (κ2) is 16.0. The lowest BCUT2D eigenvalue weighted by Gasteiger charge is -2.38. The highest BCUT2D eigenvalue weighted by Gasteiger charge is 2.56. The first kappa shape index (κ1) is 33.4. The van der Waals surface area contributed by atoms with Crippen molar-refractivity contribution in [1.82, 2.24) is 9.80 Å². The van der Waals surface area contributed by atoms with Crippen LogP contribution in [0.25, 0.3) is 0 Å². The van der Waals surface area contributed by atoms with Gasteiger partial charge in [0.25, 0.3) is 0 Å². The van der Waals surface area contributed by atoms with E-state index in [4.69, 9.17) is 18.9 Å². The minimum Gasteiger partial charge on any atom is -0.468 e. The van der Waals surface area contributed by atoms with Gasteiger partial charge in [-0.2, -0.15) is 0 Å². The van der Waals surface area contributed by atoms with Crippen LogP contribution in [0.5, 0.6) is 0 Å². The standard InChI is InChI=1S/C35H40N2O8/c1-5-44-33(39)27(34(40)45-6-2)22-28(24-16-10-7-11-17-24)37-31(35(41)43-4)30(25-18-12-8-13-19-25)36(23-29(38)42-3)32(37)26-20-14-9-15-21-26/h7-21,27-28,30-32H,5-6,22-23H2,1-4H3. The van der Waals surface area contributed by atoms with Gasteiger partial charge in [0.05, 0.1) is 46.2 Å². The zero-order chi connectivity index (χ0) is 32.3. The zero-order valence-corrected chi connectivity index (χ0v) is 26.0. The van der Waals surface area contributed by atoms with E-state index in [1.807, 2.05) is 101 Å². The van der Waals surface area contributed by atoms with Gasteiger partial charge in [0.1, 0.15) is 6.04 Å². The van der Waals surface area contributed by atoms with E-state index in [2.05, 4.69) is 0 Å². The van der Waals surface area contributed by atoms with Gasteiger partial charge in [-0.1, -0.05) is 91.0 Å². The SMILES string of the molecule is CCOC(=O)C(CC(c1ccccc1)N1C(C(=O)OC)C(c2ccccc2)N(CC(=O)OC)C1c1ccccc1)C(=O)OCC. The summed E-state index contributed by atoms with van der Waals surface area (Å²) in [6.07, 6.45) is -0.749. The molecule has 0 aliphatic carbocycles. The first-order valence-corrected chi connectivity index (χ1v) is 15.0. The van der Waals surface area contributed by atoms with Crippen molar-refractivity contribution in [1.29, 1.82) is 0 Å². The van der Waals surface area contributed by atoms with Gasteiger partial charge in [-0.25, -0.2) is 0 Å². The minimum absolute atomic E-state index is 0.0634. The van der Waals surface area contributed by atoms with Gasteiger partial charge in [-0.05, 0) is 37.0 Å². The third-order valence-corrected chi connectivity index (χ3v) is 7.94. The monoisotopic (exact) mass is 616 g/mol. The number of benzene rings is 3. The molecular weight excluding hydrogens is 576 g/mol. The molecule has 0 spiro atoms. The van der Waals surface area contributed by atoms with E-state index in [9.17, 15) is 19.2 Å². The number of hydrogen-bond donors (Lipinski definition) is 0. The molecule has 238 valence electrons. The summed E-state index contributed by atoms with van der Waals surface area (Å²) in [6, 6.07) is 25.9. The first-order valence-electron chi connectivity index (χ1n) is 15.0. The molecule has 4 unspecified atom stereocenters. The van der Waals surface area contributed by atoms with E-state index in [0.717, 1.165) is 16.7 Å². The minimum atomic E-state index is -1.28. The van der Waals surface area contributed by atoms with Crippen LogP contribution in [0.1, 0.15) is 55.2 Å². The smallest absolute Gasteiger partial charge is 0.325 e. The number of ether oxygens (including phenoxy) is 4. The van der Waals surface area contributed by atoms with Gasteiger partial charge in [0, 0.05) is 6.04 Å². The molecule has 3 aromatic carbocycles. The molecule has 45 heavy (non-hydrogen) atoms. The van der Waals surface area contributed by atoms with Crippen molar-refractivity contribution < 1.29 is 38.1 Å². The number of rotatable bonds is 13. The fraction of sp³-hybridized carbons (Fsp3) is 0.371. The molecule has 1 aliphatic heterocycles. The third kappa shape index (κ3) is 7.58. The topological polar surface area (TPSA) is 112 Å². The molecular formula is C35H40N2O8. The predicted octanol–water partition coefficient (Wildman–Crippen LogP) is 4.63. The van der Waals surface area contributed by atoms with Gasteiger partial charge in [0.15, 0.2) is 5.92 Å². The molecule has 10 nitrogen and oxygen atoms in total. The number of methoxy groups -OCH3 is 2. The van der Waals surface area contributed by atoms with Crippen molar-refractivity contribution in [2.24, 2.45) is 5.92 Å². The molecule has 1 saturated heterocycles. The molecule has 3 aromatic rings. The summed E-state index contributed by atoms with van der Waals surface area (Å²) in [5, 5.41) is 0. The molecule has 1 fully saturated rings. The molecule has 0 saturated carbocycles. The van der Waals surface area contributed by atoms with Gasteiger partial charge in [-0.3, -0.25) is 29.0 Å². The van der Waals surface area contributed by atoms with E-state index in [-0.39, 0.29) is 26.2 Å². The maximum absolute atomic E-state index is 14.0.